The summed E-state index contributed by atoms with van der Waals surface area (Å²) in [7, 11) is -1.71. The van der Waals surface area contributed by atoms with E-state index in [1.807, 2.05) is 0 Å². The minimum absolute atomic E-state index is 0.243. The van der Waals surface area contributed by atoms with E-state index in [2.05, 4.69) is 0 Å². The zero-order valence-electron chi connectivity index (χ0n) is 9.49. The van der Waals surface area contributed by atoms with Crippen LogP contribution in [0.3, 0.4) is 0 Å². The van der Waals surface area contributed by atoms with E-state index in [-0.39, 0.29) is 25.9 Å². The van der Waals surface area contributed by atoms with Crippen molar-refractivity contribution in [2.75, 3.05) is 19.3 Å². The van der Waals surface area contributed by atoms with Crippen molar-refractivity contribution < 1.29 is 32.1 Å². The van der Waals surface area contributed by atoms with Gasteiger partial charge in [-0.1, -0.05) is 0 Å². The molecule has 1 atom stereocenters. The van der Waals surface area contributed by atoms with Gasteiger partial charge in [-0.15, -0.1) is 0 Å². The lowest BCUT2D eigenvalue weighted by Gasteiger charge is -2.37. The van der Waals surface area contributed by atoms with E-state index in [1.54, 1.807) is 0 Å². The number of rotatable bonds is 2. The van der Waals surface area contributed by atoms with Gasteiger partial charge in [0.15, 0.2) is 0 Å². The molecule has 1 fully saturated rings. The van der Waals surface area contributed by atoms with Gasteiger partial charge in [0, 0.05) is 30.1 Å². The normalized spacial score (nSPS) is 21.4. The lowest BCUT2D eigenvalue weighted by molar-refractivity contribution is -0.186. The highest BCUT2D eigenvalue weighted by molar-refractivity contribution is 7.86. The number of carboxylic acid groups (broad SMARTS) is 1. The molecule has 0 aromatic heterocycles. The van der Waals surface area contributed by atoms with E-state index >= 15 is 0 Å². The van der Waals surface area contributed by atoms with Gasteiger partial charge in [-0.05, 0) is 12.8 Å². The molecule has 1 N–H and O–H groups in total. The Morgan fingerprint density at radius 2 is 1.72 bits per heavy atom. The average molecular weight is 287 g/mol. The molecule has 0 radical (unpaired) electrons. The Bertz CT molecular complexity index is 372. The lowest BCUT2D eigenvalue weighted by Crippen LogP contribution is -2.55. The van der Waals surface area contributed by atoms with E-state index in [4.69, 9.17) is 5.11 Å². The van der Waals surface area contributed by atoms with E-state index in [0.717, 1.165) is 0 Å². The summed E-state index contributed by atoms with van der Waals surface area (Å²) in [6.45, 7) is -0.714. The van der Waals surface area contributed by atoms with Crippen LogP contribution in [0.15, 0.2) is 0 Å². The molecule has 18 heavy (non-hydrogen) atoms. The van der Waals surface area contributed by atoms with Crippen molar-refractivity contribution in [3.8, 4) is 0 Å². The lowest BCUT2D eigenvalue weighted by atomic mass is 9.95. The Hall–Kier alpha value is -1.12. The SMILES string of the molecule is CS(=O)C1(C(=O)O)CCN(C(=O)C(F)(F)F)CC1. The van der Waals surface area contributed by atoms with Crippen molar-refractivity contribution in [3.63, 3.8) is 0 Å². The maximum atomic E-state index is 12.2. The molecule has 0 aliphatic carbocycles. The van der Waals surface area contributed by atoms with Gasteiger partial charge in [-0.3, -0.25) is 13.8 Å². The van der Waals surface area contributed by atoms with Crippen LogP contribution in [-0.2, 0) is 20.4 Å². The highest BCUT2D eigenvalue weighted by Gasteiger charge is 2.49. The van der Waals surface area contributed by atoms with Crippen LogP contribution in [0.1, 0.15) is 12.8 Å². The van der Waals surface area contributed by atoms with Crippen molar-refractivity contribution >= 4 is 22.7 Å². The van der Waals surface area contributed by atoms with Gasteiger partial charge in [0.05, 0.1) is 0 Å². The van der Waals surface area contributed by atoms with Crippen molar-refractivity contribution in [1.82, 2.24) is 4.90 Å². The first kappa shape index (κ1) is 14.9. The standard InChI is InChI=1S/C9H12F3NO4S/c1-18(17)8(7(15)16)2-4-13(5-3-8)6(14)9(10,11)12/h2-5H2,1H3,(H,15,16). The van der Waals surface area contributed by atoms with Gasteiger partial charge in [-0.2, -0.15) is 13.2 Å². The summed E-state index contributed by atoms with van der Waals surface area (Å²) >= 11 is 0. The van der Waals surface area contributed by atoms with Gasteiger partial charge in [-0.25, -0.2) is 0 Å². The van der Waals surface area contributed by atoms with Crippen LogP contribution in [0.4, 0.5) is 13.2 Å². The highest BCUT2D eigenvalue weighted by Crippen LogP contribution is 2.30. The van der Waals surface area contributed by atoms with Crippen LogP contribution in [0, 0.1) is 0 Å². The number of nitrogens with zero attached hydrogens (tertiary/aromatic N) is 1. The highest BCUT2D eigenvalue weighted by atomic mass is 32.2. The second-order valence-electron chi connectivity index (χ2n) is 4.04. The van der Waals surface area contributed by atoms with Gasteiger partial charge in [0.25, 0.3) is 0 Å². The first-order valence-corrected chi connectivity index (χ1v) is 6.60. The summed E-state index contributed by atoms with van der Waals surface area (Å²) in [5, 5.41) is 9.03. The summed E-state index contributed by atoms with van der Waals surface area (Å²) < 4.78 is 46.4. The third kappa shape index (κ3) is 2.65. The molecule has 1 aliphatic rings. The molecule has 0 saturated carbocycles. The molecule has 0 spiro atoms. The van der Waals surface area contributed by atoms with Gasteiger partial charge in [0.2, 0.25) is 0 Å². The number of likely N-dealkylation sites (tertiary alicyclic amines) is 1. The minimum atomic E-state index is -4.96. The predicted molar refractivity (Wildman–Crippen MR) is 56.3 cm³/mol. The quantitative estimate of drug-likeness (QED) is 0.796. The van der Waals surface area contributed by atoms with E-state index < -0.39 is 33.6 Å². The van der Waals surface area contributed by atoms with Crippen molar-refractivity contribution in [3.05, 3.63) is 0 Å². The molecule has 0 bridgehead atoms. The zero-order valence-corrected chi connectivity index (χ0v) is 10.3. The summed E-state index contributed by atoms with van der Waals surface area (Å²) in [5.74, 6) is -3.29. The number of piperidine rings is 1. The number of halogens is 3. The first-order valence-electron chi connectivity index (χ1n) is 5.04. The van der Waals surface area contributed by atoms with Gasteiger partial charge < -0.3 is 10.0 Å². The van der Waals surface area contributed by atoms with Crippen LogP contribution in [0.25, 0.3) is 0 Å². The summed E-state index contributed by atoms with van der Waals surface area (Å²) in [5.41, 5.74) is 0. The average Bonchev–Trinajstić information content (AvgIpc) is 2.26. The molecule has 0 aromatic rings. The third-order valence-electron chi connectivity index (χ3n) is 3.04. The largest absolute Gasteiger partial charge is 0.480 e. The number of amides is 1. The number of carboxylic acids is 1. The molecule has 104 valence electrons. The molecule has 9 heteroatoms. The second kappa shape index (κ2) is 4.87. The van der Waals surface area contributed by atoms with Gasteiger partial charge in [0.1, 0.15) is 4.75 Å². The van der Waals surface area contributed by atoms with Crippen molar-refractivity contribution in [2.45, 2.75) is 23.8 Å². The Labute approximate surface area is 103 Å². The fraction of sp³-hybridized carbons (Fsp3) is 0.778. The second-order valence-corrected chi connectivity index (χ2v) is 5.73. The molecule has 1 unspecified atom stereocenters. The molecule has 1 saturated heterocycles. The van der Waals surface area contributed by atoms with Crippen LogP contribution >= 0.6 is 0 Å². The Balaban J connectivity index is 2.80. The maximum Gasteiger partial charge on any atom is 0.471 e. The smallest absolute Gasteiger partial charge is 0.471 e. The fourth-order valence-electron chi connectivity index (χ4n) is 1.87. The summed E-state index contributed by atoms with van der Waals surface area (Å²) in [4.78, 5) is 22.6. The number of carbonyl (C=O) groups excluding carboxylic acids is 1. The molecule has 0 aromatic carbocycles. The topological polar surface area (TPSA) is 74.7 Å². The minimum Gasteiger partial charge on any atom is -0.480 e. The Kier molecular flexibility index (Phi) is 4.04. The molecule has 1 aliphatic heterocycles. The number of alkyl halides is 3. The number of hydrogen-bond donors (Lipinski definition) is 1. The predicted octanol–water partition coefficient (Wildman–Crippen LogP) is 0.373. The Morgan fingerprint density at radius 1 is 1.28 bits per heavy atom. The monoisotopic (exact) mass is 287 g/mol. The molecule has 1 amide bonds. The molecular formula is C9H12F3NO4S. The molecule has 5 nitrogen and oxygen atoms in total. The van der Waals surface area contributed by atoms with Crippen LogP contribution in [0.2, 0.25) is 0 Å². The van der Waals surface area contributed by atoms with Crippen LogP contribution in [-0.4, -0.2) is 56.4 Å². The van der Waals surface area contributed by atoms with Crippen LogP contribution < -0.4 is 0 Å². The van der Waals surface area contributed by atoms with Crippen molar-refractivity contribution in [2.24, 2.45) is 0 Å². The number of aliphatic carboxylic acids is 1. The van der Waals surface area contributed by atoms with E-state index in [1.165, 1.54) is 6.26 Å². The zero-order chi connectivity index (χ0) is 14.1. The fourth-order valence-corrected chi connectivity index (χ4v) is 2.88. The first-order chi connectivity index (χ1) is 8.11. The van der Waals surface area contributed by atoms with Crippen LogP contribution in [0.5, 0.6) is 0 Å². The molecular weight excluding hydrogens is 275 g/mol. The maximum absolute atomic E-state index is 12.2. The number of carbonyl (C=O) groups is 2. The van der Waals surface area contributed by atoms with Crippen molar-refractivity contribution in [1.29, 1.82) is 0 Å². The molecule has 1 heterocycles. The van der Waals surface area contributed by atoms with E-state index in [9.17, 15) is 27.0 Å². The van der Waals surface area contributed by atoms with E-state index in [0.29, 0.717) is 4.90 Å². The Morgan fingerprint density at radius 3 is 2.00 bits per heavy atom. The van der Waals surface area contributed by atoms with Gasteiger partial charge >= 0.3 is 18.1 Å². The molecule has 1 rings (SSSR count). The number of hydrogen-bond acceptors (Lipinski definition) is 3. The summed E-state index contributed by atoms with van der Waals surface area (Å²) in [6, 6.07) is 0. The third-order valence-corrected chi connectivity index (χ3v) is 4.72. The summed E-state index contributed by atoms with van der Waals surface area (Å²) in [6.07, 6.45) is -4.25.